The van der Waals surface area contributed by atoms with Crippen LogP contribution in [-0.4, -0.2) is 15.5 Å². The smallest absolute Gasteiger partial charge is 0.330 e. The number of nitrogens with one attached hydrogen (secondary N) is 1. The highest BCUT2D eigenvalue weighted by Crippen LogP contribution is 2.21. The van der Waals surface area contributed by atoms with E-state index in [1.54, 1.807) is 31.2 Å². The molecule has 0 fully saturated rings. The standard InChI is InChI=1S/C21H24N4O5/c1-3-4-11-24-19(22)18(20(27)23-21(24)28)25(13-16-6-5-12-29-16)17(26)10-9-15-8-7-14(2)30-15/h5-10,12H,3-4,11,13,22H2,1-2H3,(H,23,27,28)/b10-9+. The summed E-state index contributed by atoms with van der Waals surface area (Å²) >= 11 is 0. The highest BCUT2D eigenvalue weighted by molar-refractivity contribution is 6.04. The van der Waals surface area contributed by atoms with Gasteiger partial charge in [0.25, 0.3) is 11.5 Å². The number of aromatic nitrogens is 2. The number of H-pyrrole nitrogens is 1. The molecule has 1 amide bonds. The van der Waals surface area contributed by atoms with Crippen LogP contribution in [0.4, 0.5) is 11.5 Å². The summed E-state index contributed by atoms with van der Waals surface area (Å²) in [6.45, 7) is 4.06. The maximum atomic E-state index is 13.0. The quantitative estimate of drug-likeness (QED) is 0.548. The Hall–Kier alpha value is -3.75. The predicted octanol–water partition coefficient (Wildman–Crippen LogP) is 2.66. The minimum atomic E-state index is -0.743. The molecule has 0 radical (unpaired) electrons. The van der Waals surface area contributed by atoms with Gasteiger partial charge in [-0.05, 0) is 43.7 Å². The van der Waals surface area contributed by atoms with E-state index in [9.17, 15) is 14.4 Å². The lowest BCUT2D eigenvalue weighted by atomic mass is 10.2. The zero-order valence-corrected chi connectivity index (χ0v) is 16.9. The summed E-state index contributed by atoms with van der Waals surface area (Å²) in [7, 11) is 0. The molecule has 3 rings (SSSR count). The molecule has 3 heterocycles. The Kier molecular flexibility index (Phi) is 6.41. The van der Waals surface area contributed by atoms with E-state index in [1.165, 1.54) is 27.9 Å². The molecule has 9 heteroatoms. The van der Waals surface area contributed by atoms with Crippen molar-refractivity contribution in [2.45, 2.75) is 39.8 Å². The van der Waals surface area contributed by atoms with Crippen molar-refractivity contribution in [3.8, 4) is 0 Å². The van der Waals surface area contributed by atoms with E-state index in [-0.39, 0.29) is 18.1 Å². The number of unbranched alkanes of at least 4 members (excludes halogenated alkanes) is 1. The van der Waals surface area contributed by atoms with E-state index in [2.05, 4.69) is 4.98 Å². The SMILES string of the molecule is CCCCn1c(N)c(N(Cc2ccco2)C(=O)/C=C/c2ccc(C)o2)c(=O)[nH]c1=O. The second kappa shape index (κ2) is 9.17. The van der Waals surface area contributed by atoms with Gasteiger partial charge in [-0.1, -0.05) is 13.3 Å². The fourth-order valence-corrected chi connectivity index (χ4v) is 2.99. The van der Waals surface area contributed by atoms with E-state index < -0.39 is 17.2 Å². The lowest BCUT2D eigenvalue weighted by Gasteiger charge is -2.22. The van der Waals surface area contributed by atoms with Gasteiger partial charge < -0.3 is 14.6 Å². The fraction of sp³-hybridized carbons (Fsp3) is 0.286. The minimum absolute atomic E-state index is 0.0351. The molecular formula is C21H24N4O5. The van der Waals surface area contributed by atoms with E-state index >= 15 is 0 Å². The topological polar surface area (TPSA) is 127 Å². The number of anilines is 2. The zero-order chi connectivity index (χ0) is 21.7. The fourth-order valence-electron chi connectivity index (χ4n) is 2.99. The van der Waals surface area contributed by atoms with Crippen LogP contribution in [0.15, 0.2) is 55.0 Å². The second-order valence-electron chi connectivity index (χ2n) is 6.78. The largest absolute Gasteiger partial charge is 0.467 e. The molecule has 9 nitrogen and oxygen atoms in total. The van der Waals surface area contributed by atoms with Gasteiger partial charge in [0.15, 0.2) is 5.69 Å². The van der Waals surface area contributed by atoms with Gasteiger partial charge in [0.2, 0.25) is 0 Å². The van der Waals surface area contributed by atoms with E-state index in [0.29, 0.717) is 30.2 Å². The molecule has 0 aliphatic heterocycles. The summed E-state index contributed by atoms with van der Waals surface area (Å²) < 4.78 is 12.0. The van der Waals surface area contributed by atoms with E-state index in [1.807, 2.05) is 6.92 Å². The van der Waals surface area contributed by atoms with Crippen LogP contribution in [-0.2, 0) is 17.9 Å². The van der Waals surface area contributed by atoms with Gasteiger partial charge in [0.05, 0.1) is 12.8 Å². The third-order valence-corrected chi connectivity index (χ3v) is 4.53. The van der Waals surface area contributed by atoms with Crippen molar-refractivity contribution in [3.05, 3.63) is 74.7 Å². The second-order valence-corrected chi connectivity index (χ2v) is 6.78. The van der Waals surface area contributed by atoms with Crippen LogP contribution in [0.2, 0.25) is 0 Å². The summed E-state index contributed by atoms with van der Waals surface area (Å²) in [5, 5.41) is 0. The van der Waals surface area contributed by atoms with Crippen LogP contribution < -0.4 is 21.9 Å². The number of carbonyl (C=O) groups excluding carboxylic acids is 1. The Morgan fingerprint density at radius 2 is 2.10 bits per heavy atom. The van der Waals surface area contributed by atoms with Crippen molar-refractivity contribution in [2.24, 2.45) is 0 Å². The van der Waals surface area contributed by atoms with Gasteiger partial charge in [-0.2, -0.15) is 0 Å². The highest BCUT2D eigenvalue weighted by Gasteiger charge is 2.24. The normalized spacial score (nSPS) is 11.3. The molecule has 0 saturated heterocycles. The molecule has 0 spiro atoms. The number of nitrogens with two attached hydrogens (primary N) is 1. The van der Waals surface area contributed by atoms with Crippen LogP contribution in [0.3, 0.4) is 0 Å². The maximum absolute atomic E-state index is 13.0. The van der Waals surface area contributed by atoms with Crippen LogP contribution in [0.25, 0.3) is 6.08 Å². The molecular weight excluding hydrogens is 388 g/mol. The number of nitrogens with zero attached hydrogens (tertiary/aromatic N) is 2. The lowest BCUT2D eigenvalue weighted by molar-refractivity contribution is -0.114. The summed E-state index contributed by atoms with van der Waals surface area (Å²) in [4.78, 5) is 41.3. The van der Waals surface area contributed by atoms with Gasteiger partial charge in [-0.3, -0.25) is 24.0 Å². The third-order valence-electron chi connectivity index (χ3n) is 4.53. The molecule has 30 heavy (non-hydrogen) atoms. The van der Waals surface area contributed by atoms with Crippen molar-refractivity contribution in [1.82, 2.24) is 9.55 Å². The Bertz CT molecular complexity index is 1150. The van der Waals surface area contributed by atoms with Crippen LogP contribution in [0, 0.1) is 6.92 Å². The summed E-state index contributed by atoms with van der Waals surface area (Å²) in [5.41, 5.74) is 4.72. The molecule has 0 aliphatic rings. The predicted molar refractivity (Wildman–Crippen MR) is 113 cm³/mol. The number of hydrogen-bond acceptors (Lipinski definition) is 6. The molecule has 0 bridgehead atoms. The third kappa shape index (κ3) is 4.62. The van der Waals surface area contributed by atoms with Crippen LogP contribution in [0.5, 0.6) is 0 Å². The maximum Gasteiger partial charge on any atom is 0.330 e. The molecule has 3 aromatic rings. The van der Waals surface area contributed by atoms with Crippen molar-refractivity contribution in [2.75, 3.05) is 10.6 Å². The van der Waals surface area contributed by atoms with E-state index in [0.717, 1.165) is 6.42 Å². The summed E-state index contributed by atoms with van der Waals surface area (Å²) in [6, 6.07) is 6.85. The van der Waals surface area contributed by atoms with Crippen molar-refractivity contribution in [1.29, 1.82) is 0 Å². The molecule has 3 aromatic heterocycles. The monoisotopic (exact) mass is 412 g/mol. The Morgan fingerprint density at radius 3 is 2.73 bits per heavy atom. The van der Waals surface area contributed by atoms with Crippen molar-refractivity contribution < 1.29 is 13.6 Å². The number of hydrogen-bond donors (Lipinski definition) is 2. The van der Waals surface area contributed by atoms with Crippen LogP contribution in [0.1, 0.15) is 37.0 Å². The van der Waals surface area contributed by atoms with Gasteiger partial charge in [0.1, 0.15) is 23.1 Å². The molecule has 0 aliphatic carbocycles. The number of carbonyl (C=O) groups is 1. The number of nitrogen functional groups attached to an aromatic ring is 1. The summed E-state index contributed by atoms with van der Waals surface area (Å²) in [6.07, 6.45) is 5.78. The van der Waals surface area contributed by atoms with Gasteiger partial charge >= 0.3 is 5.69 Å². The zero-order valence-electron chi connectivity index (χ0n) is 16.9. The molecule has 158 valence electrons. The van der Waals surface area contributed by atoms with E-state index in [4.69, 9.17) is 14.6 Å². The van der Waals surface area contributed by atoms with Gasteiger partial charge in [-0.25, -0.2) is 4.79 Å². The van der Waals surface area contributed by atoms with Crippen molar-refractivity contribution >= 4 is 23.5 Å². The first-order chi connectivity index (χ1) is 14.4. The molecule has 0 atom stereocenters. The number of rotatable bonds is 8. The first-order valence-corrected chi connectivity index (χ1v) is 9.61. The molecule has 0 saturated carbocycles. The van der Waals surface area contributed by atoms with Crippen LogP contribution >= 0.6 is 0 Å². The molecule has 3 N–H and O–H groups in total. The van der Waals surface area contributed by atoms with Gasteiger partial charge in [0, 0.05) is 12.6 Å². The van der Waals surface area contributed by atoms with Crippen molar-refractivity contribution in [3.63, 3.8) is 0 Å². The first kappa shape index (κ1) is 21.0. The molecule has 0 aromatic carbocycles. The average molecular weight is 412 g/mol. The lowest BCUT2D eigenvalue weighted by Crippen LogP contribution is -2.40. The number of furan rings is 2. The first-order valence-electron chi connectivity index (χ1n) is 9.61. The highest BCUT2D eigenvalue weighted by atomic mass is 16.3. The Labute approximate surface area is 172 Å². The number of aromatic amines is 1. The Balaban J connectivity index is 2.04. The summed E-state index contributed by atoms with van der Waals surface area (Å²) in [5.74, 6) is 1.07. The van der Waals surface area contributed by atoms with Gasteiger partial charge in [-0.15, -0.1) is 0 Å². The minimum Gasteiger partial charge on any atom is -0.467 e. The number of amides is 1. The molecule has 0 unspecified atom stereocenters. The average Bonchev–Trinajstić information content (AvgIpc) is 3.36. The number of aryl methyl sites for hydroxylation is 1. The Morgan fingerprint density at radius 1 is 1.30 bits per heavy atom.